The first-order chi connectivity index (χ1) is 14.2. The molecule has 1 N–H and O–H groups in total. The number of pyridine rings is 1. The van der Waals surface area contributed by atoms with Crippen molar-refractivity contribution in [3.05, 3.63) is 59.7 Å². The predicted octanol–water partition coefficient (Wildman–Crippen LogP) is 4.66. The fourth-order valence-corrected chi connectivity index (χ4v) is 4.04. The molecule has 0 fully saturated rings. The van der Waals surface area contributed by atoms with Gasteiger partial charge >= 0.3 is 0 Å². The highest BCUT2D eigenvalue weighted by Gasteiger charge is 2.19. The fraction of sp³-hybridized carbons (Fsp3) is 0.292. The lowest BCUT2D eigenvalue weighted by molar-refractivity contribution is 0.355. The van der Waals surface area contributed by atoms with Crippen molar-refractivity contribution in [1.29, 1.82) is 5.41 Å². The third kappa shape index (κ3) is 3.48. The van der Waals surface area contributed by atoms with Crippen molar-refractivity contribution in [3.63, 3.8) is 0 Å². The molecule has 0 bridgehead atoms. The van der Waals surface area contributed by atoms with Crippen LogP contribution in [0, 0.1) is 5.41 Å². The molecule has 0 saturated carbocycles. The lowest BCUT2D eigenvalue weighted by atomic mass is 9.92. The smallest absolute Gasteiger partial charge is 0.161 e. The number of hydrogen-bond donors (Lipinski definition) is 1. The topological polar surface area (TPSA) is 56.5 Å². The number of ether oxygens (including phenoxy) is 3. The number of nitrogens with zero attached hydrogens (tertiary/aromatic N) is 1. The highest BCUT2D eigenvalue weighted by molar-refractivity contribution is 5.84. The minimum absolute atomic E-state index is 0.553. The average molecular weight is 390 g/mol. The average Bonchev–Trinajstić information content (AvgIpc) is 2.78. The molecule has 3 aromatic rings. The molecule has 2 aromatic carbocycles. The zero-order valence-corrected chi connectivity index (χ0v) is 17.1. The maximum atomic E-state index is 9.00. The van der Waals surface area contributed by atoms with Crippen LogP contribution in [0.2, 0.25) is 0 Å². The number of rotatable bonds is 5. The summed E-state index contributed by atoms with van der Waals surface area (Å²) in [4.78, 5) is 0. The molecule has 1 aliphatic heterocycles. The molecule has 150 valence electrons. The van der Waals surface area contributed by atoms with E-state index in [1.54, 1.807) is 21.3 Å². The molecule has 5 nitrogen and oxygen atoms in total. The third-order valence-electron chi connectivity index (χ3n) is 5.57. The molecule has 4 rings (SSSR count). The van der Waals surface area contributed by atoms with Crippen LogP contribution in [0.25, 0.3) is 22.3 Å². The monoisotopic (exact) mass is 390 g/mol. The molecule has 0 spiro atoms. The first kappa shape index (κ1) is 19.1. The van der Waals surface area contributed by atoms with Gasteiger partial charge in [0.15, 0.2) is 11.5 Å². The van der Waals surface area contributed by atoms with Crippen LogP contribution in [0.3, 0.4) is 0 Å². The number of methoxy groups -OCH3 is 3. The molecule has 5 heteroatoms. The van der Waals surface area contributed by atoms with E-state index in [0.29, 0.717) is 17.0 Å². The van der Waals surface area contributed by atoms with Gasteiger partial charge in [-0.25, -0.2) is 0 Å². The number of aryl methyl sites for hydroxylation is 1. The van der Waals surface area contributed by atoms with Gasteiger partial charge < -0.3 is 18.8 Å². The largest absolute Gasteiger partial charge is 0.497 e. The molecule has 0 amide bonds. The zero-order valence-electron chi connectivity index (χ0n) is 17.1. The van der Waals surface area contributed by atoms with Crippen LogP contribution >= 0.6 is 0 Å². The number of benzene rings is 2. The fourth-order valence-electron chi connectivity index (χ4n) is 4.04. The summed E-state index contributed by atoms with van der Waals surface area (Å²) in [6.45, 7) is 0.892. The van der Waals surface area contributed by atoms with Gasteiger partial charge in [0, 0.05) is 17.8 Å². The number of fused-ring (bicyclic) bond motifs is 1. The summed E-state index contributed by atoms with van der Waals surface area (Å²) in [7, 11) is 4.94. The lowest BCUT2D eigenvalue weighted by Gasteiger charge is -2.24. The van der Waals surface area contributed by atoms with Crippen molar-refractivity contribution in [3.8, 4) is 39.5 Å². The first-order valence-corrected chi connectivity index (χ1v) is 9.84. The third-order valence-corrected chi connectivity index (χ3v) is 5.57. The molecule has 0 aliphatic carbocycles. The van der Waals surface area contributed by atoms with Crippen molar-refractivity contribution in [2.45, 2.75) is 25.8 Å². The van der Waals surface area contributed by atoms with Crippen LogP contribution in [0.5, 0.6) is 17.2 Å². The van der Waals surface area contributed by atoms with Gasteiger partial charge in [-0.3, -0.25) is 5.41 Å². The molecule has 2 heterocycles. The molecule has 1 aliphatic rings. The quantitative estimate of drug-likeness (QED) is 0.689. The van der Waals surface area contributed by atoms with Crippen LogP contribution in [-0.2, 0) is 13.0 Å². The van der Waals surface area contributed by atoms with E-state index >= 15 is 0 Å². The molecule has 29 heavy (non-hydrogen) atoms. The van der Waals surface area contributed by atoms with Crippen LogP contribution in [0.15, 0.2) is 48.5 Å². The molecule has 0 saturated heterocycles. The van der Waals surface area contributed by atoms with Crippen molar-refractivity contribution < 1.29 is 14.2 Å². The normalized spacial score (nSPS) is 12.9. The standard InChI is InChI=1S/C24H26N2O3/c1-27-19-10-7-16(8-11-19)23-20(15-18-6-4-5-13-26(18)24(23)25)17-9-12-21(28-2)22(14-17)29-3/h7-12,14-15,25H,4-6,13H2,1-3H3. The van der Waals surface area contributed by atoms with E-state index in [1.165, 1.54) is 5.69 Å². The van der Waals surface area contributed by atoms with Gasteiger partial charge in [0.25, 0.3) is 0 Å². The maximum absolute atomic E-state index is 9.00. The molecular weight excluding hydrogens is 364 g/mol. The summed E-state index contributed by atoms with van der Waals surface area (Å²) in [6.07, 6.45) is 3.27. The van der Waals surface area contributed by atoms with Crippen molar-refractivity contribution in [2.24, 2.45) is 0 Å². The van der Waals surface area contributed by atoms with Crippen LogP contribution < -0.4 is 19.7 Å². The van der Waals surface area contributed by atoms with Crippen LogP contribution in [0.1, 0.15) is 18.5 Å². The second-order valence-corrected chi connectivity index (χ2v) is 7.18. The van der Waals surface area contributed by atoms with E-state index in [9.17, 15) is 0 Å². The van der Waals surface area contributed by atoms with Gasteiger partial charge in [0.2, 0.25) is 0 Å². The van der Waals surface area contributed by atoms with E-state index in [0.717, 1.165) is 53.8 Å². The highest BCUT2D eigenvalue weighted by Crippen LogP contribution is 2.37. The summed E-state index contributed by atoms with van der Waals surface area (Å²) < 4.78 is 18.4. The molecule has 0 atom stereocenters. The van der Waals surface area contributed by atoms with Gasteiger partial charge in [0.1, 0.15) is 11.2 Å². The van der Waals surface area contributed by atoms with Crippen LogP contribution in [-0.4, -0.2) is 25.9 Å². The summed E-state index contributed by atoms with van der Waals surface area (Å²) in [5, 5.41) is 9.00. The minimum atomic E-state index is 0.553. The van der Waals surface area contributed by atoms with E-state index in [1.807, 2.05) is 42.5 Å². The maximum Gasteiger partial charge on any atom is 0.161 e. The number of hydrogen-bond acceptors (Lipinski definition) is 4. The Morgan fingerprint density at radius 3 is 2.21 bits per heavy atom. The van der Waals surface area contributed by atoms with E-state index in [4.69, 9.17) is 19.6 Å². The summed E-state index contributed by atoms with van der Waals surface area (Å²) in [5.41, 5.74) is 5.73. The Morgan fingerprint density at radius 2 is 1.52 bits per heavy atom. The Bertz CT molecular complexity index is 1080. The molecule has 1 aromatic heterocycles. The highest BCUT2D eigenvalue weighted by atomic mass is 16.5. The summed E-state index contributed by atoms with van der Waals surface area (Å²) in [5.74, 6) is 2.18. The van der Waals surface area contributed by atoms with Gasteiger partial charge in [-0.15, -0.1) is 0 Å². The lowest BCUT2D eigenvalue weighted by Crippen LogP contribution is -2.28. The van der Waals surface area contributed by atoms with E-state index in [2.05, 4.69) is 10.6 Å². The van der Waals surface area contributed by atoms with Crippen molar-refractivity contribution in [1.82, 2.24) is 4.57 Å². The second kappa shape index (κ2) is 8.03. The predicted molar refractivity (Wildman–Crippen MR) is 114 cm³/mol. The van der Waals surface area contributed by atoms with Gasteiger partial charge in [-0.1, -0.05) is 18.2 Å². The molecule has 0 unspecified atom stereocenters. The zero-order chi connectivity index (χ0) is 20.4. The SMILES string of the molecule is COc1ccc(-c2c(-c3ccc(OC)c(OC)c3)cc3n(c2=N)CCCC3)cc1. The van der Waals surface area contributed by atoms with E-state index < -0.39 is 0 Å². The van der Waals surface area contributed by atoms with E-state index in [-0.39, 0.29) is 0 Å². The van der Waals surface area contributed by atoms with Crippen molar-refractivity contribution >= 4 is 0 Å². The molecule has 0 radical (unpaired) electrons. The first-order valence-electron chi connectivity index (χ1n) is 9.84. The summed E-state index contributed by atoms with van der Waals surface area (Å²) in [6, 6.07) is 16.1. The van der Waals surface area contributed by atoms with Crippen LogP contribution in [0.4, 0.5) is 0 Å². The Labute approximate surface area is 171 Å². The second-order valence-electron chi connectivity index (χ2n) is 7.18. The Hall–Kier alpha value is -3.21. The van der Waals surface area contributed by atoms with Crippen molar-refractivity contribution in [2.75, 3.05) is 21.3 Å². The Kier molecular flexibility index (Phi) is 5.30. The van der Waals surface area contributed by atoms with Gasteiger partial charge in [-0.05, 0) is 66.3 Å². The minimum Gasteiger partial charge on any atom is -0.497 e. The summed E-state index contributed by atoms with van der Waals surface area (Å²) >= 11 is 0. The Morgan fingerprint density at radius 1 is 0.793 bits per heavy atom. The van der Waals surface area contributed by atoms with Gasteiger partial charge in [-0.2, -0.15) is 0 Å². The number of nitrogens with one attached hydrogen (secondary N) is 1. The van der Waals surface area contributed by atoms with Gasteiger partial charge in [0.05, 0.1) is 21.3 Å². The Balaban J connectivity index is 1.97. The number of aromatic nitrogens is 1. The molecular formula is C24H26N2O3.